The van der Waals surface area contributed by atoms with Crippen molar-refractivity contribution < 1.29 is 9.90 Å². The van der Waals surface area contributed by atoms with Gasteiger partial charge in [-0.2, -0.15) is 0 Å². The Hall–Kier alpha value is -3.09. The van der Waals surface area contributed by atoms with Crippen molar-refractivity contribution >= 4 is 5.91 Å². The van der Waals surface area contributed by atoms with Crippen LogP contribution in [0.25, 0.3) is 0 Å². The molecule has 0 bridgehead atoms. The molecule has 1 atom stereocenters. The molecule has 0 saturated heterocycles. The minimum absolute atomic E-state index is 0.0505. The highest BCUT2D eigenvalue weighted by atomic mass is 16.3. The fourth-order valence-corrected chi connectivity index (χ4v) is 4.63. The van der Waals surface area contributed by atoms with Crippen molar-refractivity contribution in [2.45, 2.75) is 58.0 Å². The number of fused-ring (bicyclic) bond motifs is 1. The zero-order valence-electron chi connectivity index (χ0n) is 17.2. The summed E-state index contributed by atoms with van der Waals surface area (Å²) >= 11 is 0. The van der Waals surface area contributed by atoms with Crippen molar-refractivity contribution in [3.8, 4) is 5.88 Å². The number of allylic oxidation sites excluding steroid dienone is 2. The summed E-state index contributed by atoms with van der Waals surface area (Å²) < 4.78 is 1.22. The van der Waals surface area contributed by atoms with Crippen molar-refractivity contribution in [3.63, 3.8) is 0 Å². The summed E-state index contributed by atoms with van der Waals surface area (Å²) in [5.41, 5.74) is 1.88. The number of hydrogen-bond donors (Lipinski definition) is 2. The van der Waals surface area contributed by atoms with Crippen LogP contribution in [-0.4, -0.2) is 32.0 Å². The molecule has 7 heteroatoms. The predicted molar refractivity (Wildman–Crippen MR) is 114 cm³/mol. The van der Waals surface area contributed by atoms with Crippen molar-refractivity contribution in [1.82, 2.24) is 14.5 Å². The third kappa shape index (κ3) is 3.72. The summed E-state index contributed by atoms with van der Waals surface area (Å²) in [6, 6.07) is 6.89. The Morgan fingerprint density at radius 1 is 1.20 bits per heavy atom. The van der Waals surface area contributed by atoms with Crippen LogP contribution in [0.3, 0.4) is 0 Å². The van der Waals surface area contributed by atoms with E-state index in [0.29, 0.717) is 19.4 Å². The van der Waals surface area contributed by atoms with E-state index >= 15 is 0 Å². The number of carbonyl (C=O) groups is 1. The van der Waals surface area contributed by atoms with Crippen LogP contribution >= 0.6 is 0 Å². The van der Waals surface area contributed by atoms with Gasteiger partial charge in [-0.1, -0.05) is 35.9 Å². The number of nitrogens with one attached hydrogen (secondary N) is 1. The van der Waals surface area contributed by atoms with Gasteiger partial charge in [0.15, 0.2) is 0 Å². The van der Waals surface area contributed by atoms with E-state index in [1.807, 2.05) is 24.3 Å². The first-order valence-electron chi connectivity index (χ1n) is 10.6. The molecule has 1 amide bonds. The lowest BCUT2D eigenvalue weighted by atomic mass is 9.88. The average molecular weight is 409 g/mol. The highest BCUT2D eigenvalue weighted by Gasteiger charge is 2.35. The molecule has 1 unspecified atom stereocenters. The Labute approximate surface area is 174 Å². The fourth-order valence-electron chi connectivity index (χ4n) is 4.63. The van der Waals surface area contributed by atoms with Gasteiger partial charge in [-0.25, -0.2) is 4.79 Å². The largest absolute Gasteiger partial charge is 0.494 e. The highest BCUT2D eigenvalue weighted by Crippen LogP contribution is 2.36. The lowest BCUT2D eigenvalue weighted by molar-refractivity contribution is -0.130. The molecule has 0 saturated carbocycles. The maximum Gasteiger partial charge on any atom is 0.331 e. The number of benzene rings is 1. The lowest BCUT2D eigenvalue weighted by Gasteiger charge is -2.37. The van der Waals surface area contributed by atoms with Crippen LogP contribution in [0, 0.1) is 0 Å². The van der Waals surface area contributed by atoms with Gasteiger partial charge < -0.3 is 10.0 Å². The standard InChI is InChI=1S/C23H27N3O4/c1-15(27)25-14-12-17-9-5-6-10-18(17)20(25)19-21(28)24-23(30)26(22(19)29)13-11-16-7-3-2-4-8-16/h5-7,9-10,20,29H,2-4,8,11-14H2,1H3,(H,24,28,30). The first-order chi connectivity index (χ1) is 14.5. The topological polar surface area (TPSA) is 95.4 Å². The van der Waals surface area contributed by atoms with Crippen LogP contribution in [0.5, 0.6) is 5.88 Å². The number of rotatable bonds is 4. The molecule has 7 nitrogen and oxygen atoms in total. The molecule has 30 heavy (non-hydrogen) atoms. The van der Waals surface area contributed by atoms with Crippen molar-refractivity contribution in [2.75, 3.05) is 6.54 Å². The van der Waals surface area contributed by atoms with Gasteiger partial charge >= 0.3 is 5.69 Å². The molecule has 2 aliphatic rings. The minimum Gasteiger partial charge on any atom is -0.494 e. The number of H-pyrrole nitrogens is 1. The van der Waals surface area contributed by atoms with E-state index in [1.165, 1.54) is 23.5 Å². The Morgan fingerprint density at radius 3 is 2.73 bits per heavy atom. The van der Waals surface area contributed by atoms with Gasteiger partial charge in [-0.3, -0.25) is 19.1 Å². The summed E-state index contributed by atoms with van der Waals surface area (Å²) in [4.78, 5) is 41.6. The molecular formula is C23H27N3O4. The molecule has 1 aromatic carbocycles. The first-order valence-corrected chi connectivity index (χ1v) is 10.6. The third-order valence-electron chi connectivity index (χ3n) is 6.21. The lowest BCUT2D eigenvalue weighted by Crippen LogP contribution is -2.43. The molecule has 1 aliphatic carbocycles. The van der Waals surface area contributed by atoms with E-state index < -0.39 is 17.3 Å². The number of nitrogens with zero attached hydrogens (tertiary/aromatic N) is 2. The maximum absolute atomic E-state index is 12.8. The van der Waals surface area contributed by atoms with E-state index in [1.54, 1.807) is 4.90 Å². The van der Waals surface area contributed by atoms with Crippen LogP contribution in [0.4, 0.5) is 0 Å². The summed E-state index contributed by atoms with van der Waals surface area (Å²) in [5, 5.41) is 11.0. The quantitative estimate of drug-likeness (QED) is 0.759. The average Bonchev–Trinajstić information content (AvgIpc) is 2.74. The molecule has 2 heterocycles. The normalized spacial score (nSPS) is 18.6. The number of amides is 1. The molecule has 2 aromatic rings. The SMILES string of the molecule is CC(=O)N1CCc2ccccc2C1c1c(O)n(CCC2=CCCCC2)c(=O)[nH]c1=O. The van der Waals surface area contributed by atoms with Crippen molar-refractivity contribution in [1.29, 1.82) is 0 Å². The Morgan fingerprint density at radius 2 is 2.00 bits per heavy atom. The fraction of sp³-hybridized carbons (Fsp3) is 0.435. The van der Waals surface area contributed by atoms with Gasteiger partial charge in [-0.15, -0.1) is 0 Å². The van der Waals surface area contributed by atoms with Crippen LogP contribution in [-0.2, 0) is 17.8 Å². The zero-order chi connectivity index (χ0) is 21.3. The number of carbonyl (C=O) groups excluding carboxylic acids is 1. The van der Waals surface area contributed by atoms with Crippen molar-refractivity contribution in [2.24, 2.45) is 0 Å². The zero-order valence-corrected chi connectivity index (χ0v) is 17.2. The van der Waals surface area contributed by atoms with E-state index in [4.69, 9.17) is 0 Å². The summed E-state index contributed by atoms with van der Waals surface area (Å²) in [6.45, 7) is 2.19. The second-order valence-corrected chi connectivity index (χ2v) is 8.07. The van der Waals surface area contributed by atoms with Gasteiger partial charge in [0.1, 0.15) is 5.56 Å². The summed E-state index contributed by atoms with van der Waals surface area (Å²) in [5.74, 6) is -0.536. The first kappa shape index (κ1) is 20.2. The molecule has 0 spiro atoms. The van der Waals surface area contributed by atoms with Gasteiger partial charge in [0.05, 0.1) is 6.04 Å². The minimum atomic E-state index is -0.725. The van der Waals surface area contributed by atoms with E-state index in [2.05, 4.69) is 11.1 Å². The predicted octanol–water partition coefficient (Wildman–Crippen LogP) is 2.63. The van der Waals surface area contributed by atoms with Crippen LogP contribution in [0.2, 0.25) is 0 Å². The van der Waals surface area contributed by atoms with Crippen LogP contribution in [0.15, 0.2) is 45.5 Å². The second-order valence-electron chi connectivity index (χ2n) is 8.07. The van der Waals surface area contributed by atoms with E-state index in [0.717, 1.165) is 30.4 Å². The second kappa shape index (κ2) is 8.34. The summed E-state index contributed by atoms with van der Waals surface area (Å²) in [7, 11) is 0. The van der Waals surface area contributed by atoms with Gasteiger partial charge in [0.25, 0.3) is 5.56 Å². The van der Waals surface area contributed by atoms with Crippen molar-refractivity contribution in [3.05, 3.63) is 73.4 Å². The molecule has 2 N–H and O–H groups in total. The molecule has 158 valence electrons. The molecular weight excluding hydrogens is 382 g/mol. The smallest absolute Gasteiger partial charge is 0.331 e. The van der Waals surface area contributed by atoms with Gasteiger partial charge in [0, 0.05) is 20.0 Å². The molecule has 0 radical (unpaired) electrons. The number of aromatic amines is 1. The Bertz CT molecular complexity index is 1110. The van der Waals surface area contributed by atoms with Gasteiger partial charge in [-0.05, 0) is 49.7 Å². The molecule has 1 aromatic heterocycles. The molecule has 1 aliphatic heterocycles. The summed E-state index contributed by atoms with van der Waals surface area (Å²) in [6.07, 6.45) is 7.89. The Balaban J connectivity index is 1.79. The number of hydrogen-bond acceptors (Lipinski definition) is 4. The van der Waals surface area contributed by atoms with E-state index in [9.17, 15) is 19.5 Å². The number of aromatic nitrogens is 2. The highest BCUT2D eigenvalue weighted by molar-refractivity contribution is 5.75. The van der Waals surface area contributed by atoms with Gasteiger partial charge in [0.2, 0.25) is 11.8 Å². The molecule has 4 rings (SSSR count). The monoisotopic (exact) mass is 409 g/mol. The van der Waals surface area contributed by atoms with E-state index in [-0.39, 0.29) is 23.9 Å². The molecule has 0 fully saturated rings. The third-order valence-corrected chi connectivity index (χ3v) is 6.21. The Kier molecular flexibility index (Phi) is 5.61. The number of aromatic hydroxyl groups is 1. The van der Waals surface area contributed by atoms with Crippen LogP contribution in [0.1, 0.15) is 61.8 Å². The maximum atomic E-state index is 12.8. The van der Waals surface area contributed by atoms with Crippen LogP contribution < -0.4 is 11.2 Å².